The minimum Gasteiger partial charge on any atom is -0.456 e. The van der Waals surface area contributed by atoms with Gasteiger partial charge in [0, 0.05) is 86.2 Å². The highest BCUT2D eigenvalue weighted by atomic mass is 19.1. The van der Waals surface area contributed by atoms with Crippen LogP contribution in [0.4, 0.5) is 8.78 Å². The number of hydrogen-bond donors (Lipinski definition) is 0. The van der Waals surface area contributed by atoms with E-state index in [9.17, 15) is 0 Å². The van der Waals surface area contributed by atoms with Gasteiger partial charge in [0.1, 0.15) is 67.4 Å². The molecular weight excluding hydrogens is 1380 g/mol. The van der Waals surface area contributed by atoms with Crippen molar-refractivity contribution in [3.8, 4) is 67.3 Å². The number of benzene rings is 17. The van der Waals surface area contributed by atoms with Crippen molar-refractivity contribution >= 4 is 175 Å². The summed E-state index contributed by atoms with van der Waals surface area (Å²) in [6, 6.07) is 116. The number of hydrogen-bond acceptors (Lipinski definition) is 4. The Balaban J connectivity index is 0.811. The van der Waals surface area contributed by atoms with Gasteiger partial charge in [-0.2, -0.15) is 0 Å². The lowest BCUT2D eigenvalue weighted by atomic mass is 10.0. The second-order valence-corrected chi connectivity index (χ2v) is 29.6. The molecule has 8 nitrogen and oxygen atoms in total. The molecule has 17 aromatic carbocycles. The first-order valence-electron chi connectivity index (χ1n) is 37.7. The number of nitrogens with zero attached hydrogens (tertiary/aromatic N) is 4. The van der Waals surface area contributed by atoms with Crippen LogP contribution in [0, 0.1) is 11.6 Å². The van der Waals surface area contributed by atoms with Gasteiger partial charge >= 0.3 is 0 Å². The van der Waals surface area contributed by atoms with Crippen molar-refractivity contribution in [2.75, 3.05) is 0 Å². The smallest absolute Gasteiger partial charge is 0.175 e. The Labute approximate surface area is 634 Å². The Morgan fingerprint density at radius 1 is 0.152 bits per heavy atom. The van der Waals surface area contributed by atoms with Crippen molar-refractivity contribution in [3.63, 3.8) is 0 Å². The minimum atomic E-state index is -0.647. The van der Waals surface area contributed by atoms with Crippen LogP contribution in [0.1, 0.15) is 0 Å². The molecule has 10 heteroatoms. The lowest BCUT2D eigenvalue weighted by Crippen LogP contribution is -2.17. The fourth-order valence-electron chi connectivity index (χ4n) is 18.7. The molecule has 0 N–H and O–H groups in total. The Morgan fingerprint density at radius 2 is 0.321 bits per heavy atom. The molecule has 8 aromatic heterocycles. The molecule has 25 aromatic rings. The highest BCUT2D eigenvalue weighted by Gasteiger charge is 2.36. The summed E-state index contributed by atoms with van der Waals surface area (Å²) in [7, 11) is 0. The van der Waals surface area contributed by atoms with E-state index in [0.29, 0.717) is 44.1 Å². The van der Waals surface area contributed by atoms with E-state index in [1.165, 1.54) is 0 Å². The first kappa shape index (κ1) is 61.1. The van der Waals surface area contributed by atoms with Crippen molar-refractivity contribution in [3.05, 3.63) is 351 Å². The lowest BCUT2D eigenvalue weighted by molar-refractivity contribution is 0.579. The second kappa shape index (κ2) is 22.8. The first-order valence-corrected chi connectivity index (χ1v) is 37.7. The predicted molar refractivity (Wildman–Crippen MR) is 455 cm³/mol. The monoisotopic (exact) mass is 1440 g/mol. The van der Waals surface area contributed by atoms with Crippen LogP contribution < -0.4 is 0 Å². The fourth-order valence-corrected chi connectivity index (χ4v) is 18.7. The van der Waals surface area contributed by atoms with Crippen LogP contribution >= 0.6 is 0 Å². The third-order valence-corrected chi connectivity index (χ3v) is 23.7. The molecule has 0 atom stereocenters. The van der Waals surface area contributed by atoms with E-state index in [1.807, 2.05) is 188 Å². The molecule has 0 radical (unpaired) electrons. The number of aromatic nitrogens is 4. The van der Waals surface area contributed by atoms with Crippen LogP contribution in [0.25, 0.3) is 242 Å². The molecule has 0 saturated heterocycles. The molecule has 522 valence electrons. The van der Waals surface area contributed by atoms with Gasteiger partial charge in [-0.25, -0.2) is 8.78 Å². The van der Waals surface area contributed by atoms with Gasteiger partial charge in [-0.05, 0) is 190 Å². The minimum absolute atomic E-state index is 0.0268. The molecule has 0 unspecified atom stereocenters. The van der Waals surface area contributed by atoms with Crippen LogP contribution in [0.3, 0.4) is 0 Å². The number of rotatable bonds is 8. The molecule has 0 fully saturated rings. The Bertz CT molecular complexity index is 7480. The van der Waals surface area contributed by atoms with E-state index in [2.05, 4.69) is 170 Å². The van der Waals surface area contributed by atoms with Crippen molar-refractivity contribution in [1.29, 1.82) is 0 Å². The Morgan fingerprint density at radius 3 is 0.554 bits per heavy atom. The fraction of sp³-hybridized carbons (Fsp3) is 0. The Hall–Kier alpha value is -15.0. The quantitative estimate of drug-likeness (QED) is 0.152. The summed E-state index contributed by atoms with van der Waals surface area (Å²) >= 11 is 0. The molecule has 0 aliphatic carbocycles. The number of halogens is 2. The molecule has 0 bridgehead atoms. The summed E-state index contributed by atoms with van der Waals surface area (Å²) < 4.78 is 77.2. The van der Waals surface area contributed by atoms with E-state index < -0.39 is 11.6 Å². The summed E-state index contributed by atoms with van der Waals surface area (Å²) in [5.41, 5.74) is 19.8. The van der Waals surface area contributed by atoms with Crippen molar-refractivity contribution in [2.45, 2.75) is 0 Å². The standard InChI is InChI=1S/C102H56F2N4O4/c103-97-99(105-81-25-9-1-17-65(81)73-49-57(33-41-85(73)105)61-37-45-93-77(53-61)69-21-5-13-29-89(69)109-93)100(106-82-26-10-2-18-66(82)74-50-58(34-42-86(74)106)62-38-46-94-78(54-62)70-22-6-14-30-90(70)110-94)98(104)102(108-84-28-12-4-20-68(84)76-52-60(36-44-88(76)108)64-40-48-96-80(56-64)72-24-8-16-32-92(72)112-96)101(97)107-83-27-11-3-19-67(83)75-51-59(35-43-87(75)107)63-39-47-95-79(55-63)71-23-7-15-31-91(71)111-95/h1-56H. The van der Waals surface area contributed by atoms with Crippen LogP contribution in [-0.4, -0.2) is 18.3 Å². The van der Waals surface area contributed by atoms with Gasteiger partial charge < -0.3 is 35.9 Å². The van der Waals surface area contributed by atoms with Gasteiger partial charge in [0.15, 0.2) is 11.6 Å². The van der Waals surface area contributed by atoms with Crippen LogP contribution in [0.2, 0.25) is 0 Å². The summed E-state index contributed by atoms with van der Waals surface area (Å²) in [6.07, 6.45) is 0. The zero-order valence-electron chi connectivity index (χ0n) is 59.5. The number of fused-ring (bicyclic) bond motifs is 24. The van der Waals surface area contributed by atoms with E-state index in [1.54, 1.807) is 0 Å². The number of furan rings is 4. The van der Waals surface area contributed by atoms with Gasteiger partial charge in [0.25, 0.3) is 0 Å². The molecule has 0 saturated carbocycles. The summed E-state index contributed by atoms with van der Waals surface area (Å²) in [4.78, 5) is 0. The van der Waals surface area contributed by atoms with Crippen molar-refractivity contribution < 1.29 is 26.4 Å². The van der Waals surface area contributed by atoms with Gasteiger partial charge in [-0.3, -0.25) is 0 Å². The maximum absolute atomic E-state index is 21.9. The second-order valence-electron chi connectivity index (χ2n) is 29.6. The molecule has 0 amide bonds. The third-order valence-electron chi connectivity index (χ3n) is 23.7. The van der Waals surface area contributed by atoms with Gasteiger partial charge in [0.05, 0.1) is 44.1 Å². The lowest BCUT2D eigenvalue weighted by Gasteiger charge is -2.25. The molecular formula is C102H56F2N4O4. The molecule has 112 heavy (non-hydrogen) atoms. The molecule has 0 aliphatic heterocycles. The van der Waals surface area contributed by atoms with E-state index in [4.69, 9.17) is 17.7 Å². The Kier molecular flexibility index (Phi) is 12.4. The predicted octanol–water partition coefficient (Wildman–Crippen LogP) is 28.6. The highest BCUT2D eigenvalue weighted by molar-refractivity contribution is 6.18. The summed E-state index contributed by atoms with van der Waals surface area (Å²) in [6.45, 7) is 0. The topological polar surface area (TPSA) is 72.3 Å². The zero-order chi connectivity index (χ0) is 73.3. The molecule has 25 rings (SSSR count). The maximum Gasteiger partial charge on any atom is 0.175 e. The summed E-state index contributed by atoms with van der Waals surface area (Å²) in [5, 5.41) is 15.0. The van der Waals surface area contributed by atoms with E-state index in [-0.39, 0.29) is 22.7 Å². The molecule has 8 heterocycles. The van der Waals surface area contributed by atoms with Crippen LogP contribution in [0.5, 0.6) is 0 Å². The van der Waals surface area contributed by atoms with Gasteiger partial charge in [-0.1, -0.05) is 194 Å². The van der Waals surface area contributed by atoms with Gasteiger partial charge in [-0.15, -0.1) is 0 Å². The first-order chi connectivity index (χ1) is 55.3. The average Bonchev–Trinajstić information content (AvgIpc) is 1.50. The van der Waals surface area contributed by atoms with Crippen molar-refractivity contribution in [2.24, 2.45) is 0 Å². The maximum atomic E-state index is 21.9. The van der Waals surface area contributed by atoms with Crippen LogP contribution in [0.15, 0.2) is 357 Å². The highest BCUT2D eigenvalue weighted by Crippen LogP contribution is 2.51. The average molecular weight is 1440 g/mol. The largest absolute Gasteiger partial charge is 0.456 e. The number of para-hydroxylation sites is 8. The van der Waals surface area contributed by atoms with E-state index >= 15 is 8.78 Å². The zero-order valence-corrected chi connectivity index (χ0v) is 59.5. The summed E-state index contributed by atoms with van der Waals surface area (Å²) in [5.74, 6) is -1.29. The van der Waals surface area contributed by atoms with Crippen LogP contribution in [-0.2, 0) is 0 Å². The SMILES string of the molecule is Fc1c(-n2c3ccccc3c3cc(-c4ccc5oc6ccccc6c5c4)ccc32)c(-n2c3ccccc3c3cc(-c4ccc5oc6ccccc6c5c4)ccc32)c(F)c(-n2c3ccccc3c3cc(-c4ccc5oc6ccccc6c5c4)ccc32)c1-n1c2ccccc2c2cc(-c3ccc4oc5ccccc5c4c3)ccc21. The van der Waals surface area contributed by atoms with Gasteiger partial charge in [0.2, 0.25) is 0 Å². The van der Waals surface area contributed by atoms with Crippen molar-refractivity contribution in [1.82, 2.24) is 18.3 Å². The third kappa shape index (κ3) is 8.57. The normalized spacial score (nSPS) is 12.4. The van der Waals surface area contributed by atoms with E-state index in [0.717, 1.165) is 175 Å². The molecule has 0 aliphatic rings. The molecule has 0 spiro atoms.